The van der Waals surface area contributed by atoms with Gasteiger partial charge >= 0.3 is 0 Å². The Labute approximate surface area is 103 Å². The van der Waals surface area contributed by atoms with Crippen molar-refractivity contribution in [2.75, 3.05) is 6.26 Å². The van der Waals surface area contributed by atoms with Crippen molar-refractivity contribution in [3.63, 3.8) is 0 Å². The first-order valence-electron chi connectivity index (χ1n) is 5.15. The molecule has 3 heteroatoms. The monoisotopic (exact) mass is 241 g/mol. The molecule has 0 aliphatic heterocycles. The lowest BCUT2D eigenvalue weighted by atomic mass is 10.0. The number of benzene rings is 2. The van der Waals surface area contributed by atoms with E-state index in [-0.39, 0.29) is 0 Å². The molecule has 0 aliphatic carbocycles. The van der Waals surface area contributed by atoms with Gasteiger partial charge in [-0.25, -0.2) is 0 Å². The van der Waals surface area contributed by atoms with Crippen LogP contribution in [-0.2, 0) is 10.8 Å². The summed E-state index contributed by atoms with van der Waals surface area (Å²) in [6, 6.07) is 17.1. The first-order chi connectivity index (χ1) is 8.22. The van der Waals surface area contributed by atoms with Gasteiger partial charge in [0.2, 0.25) is 0 Å². The summed E-state index contributed by atoms with van der Waals surface area (Å²) >= 11 is 0. The molecule has 0 aliphatic rings. The molecule has 0 heterocycles. The highest BCUT2D eigenvalue weighted by molar-refractivity contribution is 7.84. The minimum atomic E-state index is -0.966. The lowest BCUT2D eigenvalue weighted by Gasteiger charge is -2.04. The smallest absolute Gasteiger partial charge is 0.0998 e. The van der Waals surface area contributed by atoms with Crippen LogP contribution in [0.5, 0.6) is 0 Å². The van der Waals surface area contributed by atoms with Crippen LogP contribution < -0.4 is 0 Å². The Morgan fingerprint density at radius 2 is 1.71 bits per heavy atom. The normalized spacial score (nSPS) is 11.8. The molecule has 0 fully saturated rings. The Balaban J connectivity index is 2.47. The van der Waals surface area contributed by atoms with E-state index in [2.05, 4.69) is 6.07 Å². The van der Waals surface area contributed by atoms with Crippen LogP contribution in [0.4, 0.5) is 0 Å². The Morgan fingerprint density at radius 1 is 1.06 bits per heavy atom. The summed E-state index contributed by atoms with van der Waals surface area (Å²) in [5.74, 6) is 0. The summed E-state index contributed by atoms with van der Waals surface area (Å²) in [7, 11) is -0.966. The Kier molecular flexibility index (Phi) is 3.36. The molecule has 0 N–H and O–H groups in total. The van der Waals surface area contributed by atoms with Gasteiger partial charge in [0, 0.05) is 22.0 Å². The molecule has 2 aromatic rings. The van der Waals surface area contributed by atoms with E-state index < -0.39 is 10.8 Å². The summed E-state index contributed by atoms with van der Waals surface area (Å²) in [4.78, 5) is 0.795. The summed E-state index contributed by atoms with van der Waals surface area (Å²) in [6.45, 7) is 0. The third-order valence-corrected chi connectivity index (χ3v) is 3.48. The molecule has 17 heavy (non-hydrogen) atoms. The van der Waals surface area contributed by atoms with Gasteiger partial charge in [-0.1, -0.05) is 30.3 Å². The standard InChI is InChI=1S/C14H11NOS/c1-17(16)13-8-6-11(7-9-13)14-5-3-2-4-12(14)10-15/h2-9H,1H3. The largest absolute Gasteiger partial charge is 0.255 e. The SMILES string of the molecule is CS(=O)c1ccc(-c2ccccc2C#N)cc1. The first kappa shape index (κ1) is 11.6. The van der Waals surface area contributed by atoms with E-state index >= 15 is 0 Å². The molecule has 1 unspecified atom stereocenters. The maximum Gasteiger partial charge on any atom is 0.0998 e. The van der Waals surface area contributed by atoms with E-state index in [0.29, 0.717) is 5.56 Å². The predicted octanol–water partition coefficient (Wildman–Crippen LogP) is 2.96. The van der Waals surface area contributed by atoms with E-state index in [1.807, 2.05) is 42.5 Å². The zero-order valence-electron chi connectivity index (χ0n) is 9.38. The minimum Gasteiger partial charge on any atom is -0.255 e. The predicted molar refractivity (Wildman–Crippen MR) is 68.9 cm³/mol. The number of nitrogens with zero attached hydrogens (tertiary/aromatic N) is 1. The van der Waals surface area contributed by atoms with Gasteiger partial charge in [-0.3, -0.25) is 4.21 Å². The van der Waals surface area contributed by atoms with Crippen LogP contribution in [0, 0.1) is 11.3 Å². The molecule has 0 aromatic heterocycles. The molecule has 2 nitrogen and oxygen atoms in total. The maximum absolute atomic E-state index is 11.3. The molecule has 0 saturated heterocycles. The van der Waals surface area contributed by atoms with Gasteiger partial charge in [-0.2, -0.15) is 5.26 Å². The molecule has 2 rings (SSSR count). The molecule has 0 amide bonds. The van der Waals surface area contributed by atoms with Gasteiger partial charge in [0.05, 0.1) is 11.6 Å². The number of hydrogen-bond acceptors (Lipinski definition) is 2. The zero-order chi connectivity index (χ0) is 12.3. The van der Waals surface area contributed by atoms with Crippen LogP contribution in [0.25, 0.3) is 11.1 Å². The summed E-state index contributed by atoms with van der Waals surface area (Å²) in [5, 5.41) is 9.02. The van der Waals surface area contributed by atoms with Crippen LogP contribution in [-0.4, -0.2) is 10.5 Å². The average Bonchev–Trinajstić information content (AvgIpc) is 2.39. The molecule has 0 saturated carbocycles. The number of hydrogen-bond donors (Lipinski definition) is 0. The fourth-order valence-electron chi connectivity index (χ4n) is 1.66. The van der Waals surface area contributed by atoms with E-state index in [1.54, 1.807) is 12.3 Å². The third kappa shape index (κ3) is 2.43. The Bertz CT molecular complexity index is 596. The van der Waals surface area contributed by atoms with Gasteiger partial charge < -0.3 is 0 Å². The average molecular weight is 241 g/mol. The van der Waals surface area contributed by atoms with E-state index in [0.717, 1.165) is 16.0 Å². The fraction of sp³-hybridized carbons (Fsp3) is 0.0714. The molecular formula is C14H11NOS. The van der Waals surface area contributed by atoms with E-state index in [4.69, 9.17) is 5.26 Å². The molecular weight excluding hydrogens is 230 g/mol. The van der Waals surface area contributed by atoms with Gasteiger partial charge in [0.15, 0.2) is 0 Å². The van der Waals surface area contributed by atoms with E-state index in [9.17, 15) is 4.21 Å². The molecule has 0 radical (unpaired) electrons. The number of rotatable bonds is 2. The molecule has 2 aromatic carbocycles. The maximum atomic E-state index is 11.3. The van der Waals surface area contributed by atoms with Crippen LogP contribution in [0.15, 0.2) is 53.4 Å². The van der Waals surface area contributed by atoms with Crippen molar-refractivity contribution >= 4 is 10.8 Å². The van der Waals surface area contributed by atoms with Crippen molar-refractivity contribution in [3.8, 4) is 17.2 Å². The quantitative estimate of drug-likeness (QED) is 0.811. The topological polar surface area (TPSA) is 40.9 Å². The highest BCUT2D eigenvalue weighted by atomic mass is 32.2. The van der Waals surface area contributed by atoms with Crippen molar-refractivity contribution in [2.24, 2.45) is 0 Å². The minimum absolute atomic E-state index is 0.651. The zero-order valence-corrected chi connectivity index (χ0v) is 10.2. The molecule has 1 atom stereocenters. The van der Waals surface area contributed by atoms with Crippen LogP contribution in [0.1, 0.15) is 5.56 Å². The van der Waals surface area contributed by atoms with Gasteiger partial charge in [-0.15, -0.1) is 0 Å². The van der Waals surface area contributed by atoms with Gasteiger partial charge in [0.1, 0.15) is 0 Å². The Hall–Kier alpha value is -1.92. The third-order valence-electron chi connectivity index (χ3n) is 2.54. The fourth-order valence-corrected chi connectivity index (χ4v) is 2.18. The second kappa shape index (κ2) is 4.94. The summed E-state index contributed by atoms with van der Waals surface area (Å²) in [5.41, 5.74) is 2.53. The highest BCUT2D eigenvalue weighted by Crippen LogP contribution is 2.23. The van der Waals surface area contributed by atoms with Crippen molar-refractivity contribution in [1.82, 2.24) is 0 Å². The summed E-state index contributed by atoms with van der Waals surface area (Å²) in [6.07, 6.45) is 1.65. The van der Waals surface area contributed by atoms with Crippen LogP contribution in [0.3, 0.4) is 0 Å². The van der Waals surface area contributed by atoms with E-state index in [1.165, 1.54) is 0 Å². The summed E-state index contributed by atoms with van der Waals surface area (Å²) < 4.78 is 11.3. The lowest BCUT2D eigenvalue weighted by molar-refractivity contribution is 0.687. The molecule has 0 spiro atoms. The van der Waals surface area contributed by atoms with Crippen LogP contribution in [0.2, 0.25) is 0 Å². The molecule has 84 valence electrons. The molecule has 0 bridgehead atoms. The second-order valence-electron chi connectivity index (χ2n) is 3.64. The van der Waals surface area contributed by atoms with Crippen molar-refractivity contribution in [3.05, 3.63) is 54.1 Å². The first-order valence-corrected chi connectivity index (χ1v) is 6.71. The van der Waals surface area contributed by atoms with Crippen molar-refractivity contribution in [2.45, 2.75) is 4.90 Å². The van der Waals surface area contributed by atoms with Gasteiger partial charge in [0.25, 0.3) is 0 Å². The lowest BCUT2D eigenvalue weighted by Crippen LogP contribution is -1.88. The number of nitriles is 1. The van der Waals surface area contributed by atoms with Crippen LogP contribution >= 0.6 is 0 Å². The van der Waals surface area contributed by atoms with Gasteiger partial charge in [-0.05, 0) is 29.3 Å². The van der Waals surface area contributed by atoms with Crippen molar-refractivity contribution < 1.29 is 4.21 Å². The highest BCUT2D eigenvalue weighted by Gasteiger charge is 2.04. The Morgan fingerprint density at radius 3 is 2.29 bits per heavy atom. The van der Waals surface area contributed by atoms with Crippen molar-refractivity contribution in [1.29, 1.82) is 5.26 Å². The second-order valence-corrected chi connectivity index (χ2v) is 5.02.